The Bertz CT molecular complexity index is 414. The standard InChI is InChI=1S/C12H18ClN3OS/c1-8(18-2)5-6-15-12(17)10-7-9(13)3-4-11(10)16-14/h3-4,7-8,16H,5-6,14H2,1-2H3,(H,15,17). The largest absolute Gasteiger partial charge is 0.352 e. The van der Waals surface area contributed by atoms with Crippen LogP contribution in [0.3, 0.4) is 0 Å². The van der Waals surface area contributed by atoms with Crippen molar-refractivity contribution in [2.24, 2.45) is 5.84 Å². The average Bonchev–Trinajstić information content (AvgIpc) is 2.38. The number of nitrogen functional groups attached to an aromatic ring is 1. The van der Waals surface area contributed by atoms with Crippen LogP contribution in [0, 0.1) is 0 Å². The van der Waals surface area contributed by atoms with Gasteiger partial charge in [0.25, 0.3) is 5.91 Å². The molecule has 1 atom stereocenters. The number of carbonyl (C=O) groups excluding carboxylic acids is 1. The molecule has 0 aliphatic rings. The molecule has 1 aromatic carbocycles. The van der Waals surface area contributed by atoms with Gasteiger partial charge in [0.15, 0.2) is 0 Å². The first-order valence-electron chi connectivity index (χ1n) is 5.65. The van der Waals surface area contributed by atoms with E-state index in [9.17, 15) is 4.79 Å². The number of nitrogens with two attached hydrogens (primary N) is 1. The second kappa shape index (κ2) is 7.51. The number of rotatable bonds is 6. The van der Waals surface area contributed by atoms with Gasteiger partial charge < -0.3 is 10.7 Å². The fraction of sp³-hybridized carbons (Fsp3) is 0.417. The monoisotopic (exact) mass is 287 g/mol. The Balaban J connectivity index is 2.63. The van der Waals surface area contributed by atoms with E-state index in [1.807, 2.05) is 0 Å². The third-order valence-corrected chi connectivity index (χ3v) is 3.90. The Morgan fingerprint density at radius 3 is 2.89 bits per heavy atom. The summed E-state index contributed by atoms with van der Waals surface area (Å²) in [6, 6.07) is 4.97. The number of halogens is 1. The summed E-state index contributed by atoms with van der Waals surface area (Å²) in [5, 5.41) is 3.90. The number of hydrogen-bond donors (Lipinski definition) is 3. The molecule has 0 saturated heterocycles. The minimum absolute atomic E-state index is 0.168. The molecule has 0 aliphatic carbocycles. The quantitative estimate of drug-likeness (QED) is 0.555. The number of amides is 1. The average molecular weight is 288 g/mol. The lowest BCUT2D eigenvalue weighted by atomic mass is 10.1. The van der Waals surface area contributed by atoms with E-state index in [2.05, 4.69) is 23.9 Å². The number of hydrogen-bond acceptors (Lipinski definition) is 4. The van der Waals surface area contributed by atoms with Crippen LogP contribution in [0.5, 0.6) is 0 Å². The summed E-state index contributed by atoms with van der Waals surface area (Å²) in [5.74, 6) is 5.19. The maximum absolute atomic E-state index is 12.0. The molecule has 1 amide bonds. The van der Waals surface area contributed by atoms with Gasteiger partial charge in [0.2, 0.25) is 0 Å². The first kappa shape index (κ1) is 15.1. The molecule has 4 N–H and O–H groups in total. The van der Waals surface area contributed by atoms with Crippen molar-refractivity contribution >= 4 is 35.0 Å². The summed E-state index contributed by atoms with van der Waals surface area (Å²) in [6.45, 7) is 2.76. The Morgan fingerprint density at radius 2 is 2.28 bits per heavy atom. The van der Waals surface area contributed by atoms with Crippen LogP contribution in [0.1, 0.15) is 23.7 Å². The van der Waals surface area contributed by atoms with Crippen molar-refractivity contribution in [3.8, 4) is 0 Å². The van der Waals surface area contributed by atoms with Crippen molar-refractivity contribution in [1.82, 2.24) is 5.32 Å². The summed E-state index contributed by atoms with van der Waals surface area (Å²) >= 11 is 7.65. The van der Waals surface area contributed by atoms with Crippen LogP contribution in [0.25, 0.3) is 0 Å². The van der Waals surface area contributed by atoms with Crippen molar-refractivity contribution in [3.05, 3.63) is 28.8 Å². The molecule has 0 aliphatic heterocycles. The van der Waals surface area contributed by atoms with E-state index >= 15 is 0 Å². The highest BCUT2D eigenvalue weighted by Crippen LogP contribution is 2.19. The number of anilines is 1. The predicted octanol–water partition coefficient (Wildman–Crippen LogP) is 2.50. The number of carbonyl (C=O) groups is 1. The van der Waals surface area contributed by atoms with Crippen LogP contribution in [0.4, 0.5) is 5.69 Å². The van der Waals surface area contributed by atoms with Gasteiger partial charge >= 0.3 is 0 Å². The first-order chi connectivity index (χ1) is 8.58. The molecule has 18 heavy (non-hydrogen) atoms. The molecule has 1 unspecified atom stereocenters. The topological polar surface area (TPSA) is 67.2 Å². The van der Waals surface area contributed by atoms with Crippen LogP contribution >= 0.6 is 23.4 Å². The molecule has 1 aromatic rings. The summed E-state index contributed by atoms with van der Waals surface area (Å²) in [6.07, 6.45) is 2.98. The zero-order valence-electron chi connectivity index (χ0n) is 10.5. The Morgan fingerprint density at radius 1 is 1.56 bits per heavy atom. The summed E-state index contributed by atoms with van der Waals surface area (Å²) in [5.41, 5.74) is 3.52. The van der Waals surface area contributed by atoms with Gasteiger partial charge in [-0.05, 0) is 30.9 Å². The van der Waals surface area contributed by atoms with E-state index in [4.69, 9.17) is 17.4 Å². The van der Waals surface area contributed by atoms with Crippen molar-refractivity contribution in [2.75, 3.05) is 18.2 Å². The SMILES string of the molecule is CSC(C)CCNC(=O)c1cc(Cl)ccc1NN. The van der Waals surface area contributed by atoms with E-state index in [1.54, 1.807) is 30.0 Å². The molecule has 4 nitrogen and oxygen atoms in total. The number of nitrogens with one attached hydrogen (secondary N) is 2. The number of hydrazine groups is 1. The summed E-state index contributed by atoms with van der Waals surface area (Å²) < 4.78 is 0. The van der Waals surface area contributed by atoms with E-state index in [0.29, 0.717) is 28.1 Å². The first-order valence-corrected chi connectivity index (χ1v) is 7.32. The van der Waals surface area contributed by atoms with Gasteiger partial charge in [-0.25, -0.2) is 0 Å². The fourth-order valence-corrected chi connectivity index (χ4v) is 1.96. The molecular weight excluding hydrogens is 270 g/mol. The van der Waals surface area contributed by atoms with E-state index < -0.39 is 0 Å². The van der Waals surface area contributed by atoms with Crippen LogP contribution in [0.15, 0.2) is 18.2 Å². The van der Waals surface area contributed by atoms with Gasteiger partial charge in [0, 0.05) is 16.8 Å². The highest BCUT2D eigenvalue weighted by atomic mass is 35.5. The highest BCUT2D eigenvalue weighted by Gasteiger charge is 2.11. The maximum Gasteiger partial charge on any atom is 0.253 e. The molecule has 100 valence electrons. The van der Waals surface area contributed by atoms with Crippen LogP contribution < -0.4 is 16.6 Å². The predicted molar refractivity (Wildman–Crippen MR) is 79.2 cm³/mol. The van der Waals surface area contributed by atoms with Gasteiger partial charge in [-0.1, -0.05) is 18.5 Å². The molecule has 0 saturated carbocycles. The van der Waals surface area contributed by atoms with E-state index in [0.717, 1.165) is 6.42 Å². The van der Waals surface area contributed by atoms with Crippen LogP contribution in [0.2, 0.25) is 5.02 Å². The lowest BCUT2D eigenvalue weighted by molar-refractivity contribution is 0.0954. The minimum Gasteiger partial charge on any atom is -0.352 e. The van der Waals surface area contributed by atoms with Crippen LogP contribution in [-0.4, -0.2) is 24.0 Å². The summed E-state index contributed by atoms with van der Waals surface area (Å²) in [4.78, 5) is 12.0. The van der Waals surface area contributed by atoms with Gasteiger partial charge in [-0.3, -0.25) is 10.6 Å². The third kappa shape index (κ3) is 4.40. The molecule has 0 fully saturated rings. The zero-order valence-corrected chi connectivity index (χ0v) is 12.1. The Hall–Kier alpha value is -0.910. The summed E-state index contributed by atoms with van der Waals surface area (Å²) in [7, 11) is 0. The van der Waals surface area contributed by atoms with Crippen molar-refractivity contribution in [3.63, 3.8) is 0 Å². The van der Waals surface area contributed by atoms with Crippen molar-refractivity contribution < 1.29 is 4.79 Å². The van der Waals surface area contributed by atoms with Crippen molar-refractivity contribution in [2.45, 2.75) is 18.6 Å². The maximum atomic E-state index is 12.0. The highest BCUT2D eigenvalue weighted by molar-refractivity contribution is 7.99. The number of benzene rings is 1. The molecule has 0 spiro atoms. The number of thioether (sulfide) groups is 1. The molecule has 0 aromatic heterocycles. The Kier molecular flexibility index (Phi) is 6.32. The molecule has 6 heteroatoms. The normalized spacial score (nSPS) is 12.0. The molecule has 0 radical (unpaired) electrons. The van der Waals surface area contributed by atoms with Crippen molar-refractivity contribution in [1.29, 1.82) is 0 Å². The Labute approximate surface area is 117 Å². The van der Waals surface area contributed by atoms with Gasteiger partial charge in [0.05, 0.1) is 11.3 Å². The van der Waals surface area contributed by atoms with Gasteiger partial charge in [0.1, 0.15) is 0 Å². The molecule has 0 bridgehead atoms. The van der Waals surface area contributed by atoms with E-state index in [1.165, 1.54) is 0 Å². The van der Waals surface area contributed by atoms with E-state index in [-0.39, 0.29) is 5.91 Å². The minimum atomic E-state index is -0.168. The third-order valence-electron chi connectivity index (χ3n) is 2.62. The fourth-order valence-electron chi connectivity index (χ4n) is 1.43. The lowest BCUT2D eigenvalue weighted by Gasteiger charge is -2.11. The smallest absolute Gasteiger partial charge is 0.253 e. The molecule has 0 heterocycles. The van der Waals surface area contributed by atoms with Gasteiger partial charge in [-0.15, -0.1) is 0 Å². The lowest BCUT2D eigenvalue weighted by Crippen LogP contribution is -2.27. The molecule has 1 rings (SSSR count). The van der Waals surface area contributed by atoms with Crippen LogP contribution in [-0.2, 0) is 0 Å². The second-order valence-corrected chi connectivity index (χ2v) is 5.64. The van der Waals surface area contributed by atoms with Gasteiger partial charge in [-0.2, -0.15) is 11.8 Å². The second-order valence-electron chi connectivity index (χ2n) is 3.93. The molecular formula is C12H18ClN3OS. The zero-order chi connectivity index (χ0) is 13.5.